The number of oxazole rings is 1. The monoisotopic (exact) mass is 311 g/mol. The van der Waals surface area contributed by atoms with Crippen molar-refractivity contribution in [1.82, 2.24) is 15.3 Å². The predicted molar refractivity (Wildman–Crippen MR) is 94.4 cm³/mol. The zero-order chi connectivity index (χ0) is 16.4. The van der Waals surface area contributed by atoms with E-state index >= 15 is 0 Å². The SMILES string of the molecule is CC[C@H](C)C[C@H](NC)c1nc(C)c(-c2c[nH]c3ccccc23)o1. The molecular formula is C19H25N3O. The quantitative estimate of drug-likeness (QED) is 0.685. The topological polar surface area (TPSA) is 53.9 Å². The van der Waals surface area contributed by atoms with Crippen molar-refractivity contribution < 1.29 is 4.42 Å². The summed E-state index contributed by atoms with van der Waals surface area (Å²) >= 11 is 0. The van der Waals surface area contributed by atoms with Crippen LogP contribution in [0, 0.1) is 12.8 Å². The molecule has 1 aromatic carbocycles. The normalized spacial score (nSPS) is 14.3. The maximum atomic E-state index is 6.17. The summed E-state index contributed by atoms with van der Waals surface area (Å²) in [5.41, 5.74) is 3.13. The van der Waals surface area contributed by atoms with E-state index in [0.717, 1.165) is 41.3 Å². The van der Waals surface area contributed by atoms with Crippen LogP contribution in [-0.2, 0) is 0 Å². The zero-order valence-corrected chi connectivity index (χ0v) is 14.3. The Kier molecular flexibility index (Phi) is 4.53. The number of aromatic amines is 1. The minimum atomic E-state index is 0.155. The molecule has 0 saturated heterocycles. The second-order valence-electron chi connectivity index (χ2n) is 6.30. The fourth-order valence-corrected chi connectivity index (χ4v) is 2.99. The average Bonchev–Trinajstić information content (AvgIpc) is 3.15. The van der Waals surface area contributed by atoms with Crippen molar-refractivity contribution in [2.24, 2.45) is 5.92 Å². The molecule has 0 aliphatic carbocycles. The summed E-state index contributed by atoms with van der Waals surface area (Å²) < 4.78 is 6.17. The van der Waals surface area contributed by atoms with Crippen LogP contribution in [0.4, 0.5) is 0 Å². The first-order chi connectivity index (χ1) is 11.1. The van der Waals surface area contributed by atoms with E-state index in [1.54, 1.807) is 0 Å². The molecule has 2 heterocycles. The largest absolute Gasteiger partial charge is 0.439 e. The summed E-state index contributed by atoms with van der Waals surface area (Å²) in [6, 6.07) is 8.42. The number of para-hydroxylation sites is 1. The first kappa shape index (κ1) is 15.8. The van der Waals surface area contributed by atoms with Crippen molar-refractivity contribution in [3.05, 3.63) is 42.0 Å². The third kappa shape index (κ3) is 3.04. The van der Waals surface area contributed by atoms with E-state index in [9.17, 15) is 0 Å². The highest BCUT2D eigenvalue weighted by molar-refractivity contribution is 5.94. The molecule has 4 heteroatoms. The lowest BCUT2D eigenvalue weighted by atomic mass is 9.99. The minimum Gasteiger partial charge on any atom is -0.439 e. The molecule has 0 bridgehead atoms. The molecule has 0 amide bonds. The van der Waals surface area contributed by atoms with E-state index < -0.39 is 0 Å². The van der Waals surface area contributed by atoms with Gasteiger partial charge in [-0.1, -0.05) is 38.5 Å². The Morgan fingerprint density at radius 2 is 2.09 bits per heavy atom. The molecule has 2 N–H and O–H groups in total. The van der Waals surface area contributed by atoms with Gasteiger partial charge in [-0.15, -0.1) is 0 Å². The van der Waals surface area contributed by atoms with Crippen molar-refractivity contribution in [1.29, 1.82) is 0 Å². The molecular weight excluding hydrogens is 286 g/mol. The summed E-state index contributed by atoms with van der Waals surface area (Å²) in [4.78, 5) is 7.99. The lowest BCUT2D eigenvalue weighted by Crippen LogP contribution is -2.19. The Morgan fingerprint density at radius 3 is 2.83 bits per heavy atom. The molecule has 0 saturated carbocycles. The summed E-state index contributed by atoms with van der Waals surface area (Å²) in [7, 11) is 1.97. The van der Waals surface area contributed by atoms with Crippen molar-refractivity contribution >= 4 is 10.9 Å². The van der Waals surface area contributed by atoms with Gasteiger partial charge in [0.15, 0.2) is 5.76 Å². The van der Waals surface area contributed by atoms with Crippen LogP contribution in [0.5, 0.6) is 0 Å². The Bertz CT molecular complexity index is 787. The predicted octanol–water partition coefficient (Wildman–Crippen LogP) is 4.83. The molecule has 0 spiro atoms. The average molecular weight is 311 g/mol. The lowest BCUT2D eigenvalue weighted by molar-refractivity contribution is 0.354. The Labute approximate surface area is 137 Å². The Balaban J connectivity index is 1.97. The molecule has 2 aromatic heterocycles. The second kappa shape index (κ2) is 6.59. The van der Waals surface area contributed by atoms with E-state index in [0.29, 0.717) is 5.92 Å². The fourth-order valence-electron chi connectivity index (χ4n) is 2.99. The van der Waals surface area contributed by atoms with Crippen LogP contribution >= 0.6 is 0 Å². The molecule has 0 aliphatic rings. The van der Waals surface area contributed by atoms with Crippen LogP contribution in [0.25, 0.3) is 22.2 Å². The summed E-state index contributed by atoms with van der Waals surface area (Å²) in [6.45, 7) is 6.50. The van der Waals surface area contributed by atoms with Gasteiger partial charge in [0.25, 0.3) is 0 Å². The van der Waals surface area contributed by atoms with Crippen molar-refractivity contribution in [3.8, 4) is 11.3 Å². The third-order valence-corrected chi connectivity index (χ3v) is 4.63. The molecule has 23 heavy (non-hydrogen) atoms. The molecule has 2 atom stereocenters. The van der Waals surface area contributed by atoms with Crippen LogP contribution < -0.4 is 5.32 Å². The van der Waals surface area contributed by atoms with Crippen molar-refractivity contribution in [2.45, 2.75) is 39.7 Å². The number of nitrogens with one attached hydrogen (secondary N) is 2. The number of hydrogen-bond donors (Lipinski definition) is 2. The number of fused-ring (bicyclic) bond motifs is 1. The number of H-pyrrole nitrogens is 1. The van der Waals surface area contributed by atoms with Crippen LogP contribution in [0.1, 0.15) is 44.3 Å². The van der Waals surface area contributed by atoms with Gasteiger partial charge in [-0.3, -0.25) is 0 Å². The van der Waals surface area contributed by atoms with Crippen molar-refractivity contribution in [2.75, 3.05) is 7.05 Å². The van der Waals surface area contributed by atoms with Gasteiger partial charge in [0.1, 0.15) is 0 Å². The van der Waals surface area contributed by atoms with Gasteiger partial charge in [0.2, 0.25) is 5.89 Å². The fraction of sp³-hybridized carbons (Fsp3) is 0.421. The van der Waals surface area contributed by atoms with Gasteiger partial charge in [-0.2, -0.15) is 0 Å². The van der Waals surface area contributed by atoms with Gasteiger partial charge in [0.05, 0.1) is 11.7 Å². The first-order valence-electron chi connectivity index (χ1n) is 8.35. The van der Waals surface area contributed by atoms with Gasteiger partial charge < -0.3 is 14.7 Å². The van der Waals surface area contributed by atoms with Crippen LogP contribution in [0.3, 0.4) is 0 Å². The summed E-state index contributed by atoms with van der Waals surface area (Å²) in [6.07, 6.45) is 4.19. The molecule has 3 rings (SSSR count). The maximum Gasteiger partial charge on any atom is 0.212 e. The summed E-state index contributed by atoms with van der Waals surface area (Å²) in [5, 5.41) is 4.51. The van der Waals surface area contributed by atoms with E-state index in [1.807, 2.05) is 32.3 Å². The van der Waals surface area contributed by atoms with E-state index in [4.69, 9.17) is 4.42 Å². The maximum absolute atomic E-state index is 6.17. The smallest absolute Gasteiger partial charge is 0.212 e. The Morgan fingerprint density at radius 1 is 1.30 bits per heavy atom. The molecule has 0 radical (unpaired) electrons. The molecule has 4 nitrogen and oxygen atoms in total. The third-order valence-electron chi connectivity index (χ3n) is 4.63. The van der Waals surface area contributed by atoms with Crippen LogP contribution in [0.15, 0.2) is 34.9 Å². The highest BCUT2D eigenvalue weighted by Gasteiger charge is 2.22. The highest BCUT2D eigenvalue weighted by atomic mass is 16.4. The Hall–Kier alpha value is -2.07. The molecule has 3 aromatic rings. The highest BCUT2D eigenvalue weighted by Crippen LogP contribution is 2.33. The van der Waals surface area contributed by atoms with E-state index in [1.165, 1.54) is 5.39 Å². The molecule has 0 aliphatic heterocycles. The summed E-state index contributed by atoms with van der Waals surface area (Å²) in [5.74, 6) is 2.28. The number of rotatable bonds is 6. The molecule has 122 valence electrons. The van der Waals surface area contributed by atoms with Gasteiger partial charge >= 0.3 is 0 Å². The van der Waals surface area contributed by atoms with E-state index in [2.05, 4.69) is 41.3 Å². The number of hydrogen-bond acceptors (Lipinski definition) is 3. The number of aromatic nitrogens is 2. The first-order valence-corrected chi connectivity index (χ1v) is 8.35. The number of benzene rings is 1. The molecule has 0 fully saturated rings. The van der Waals surface area contributed by atoms with Crippen LogP contribution in [-0.4, -0.2) is 17.0 Å². The number of nitrogens with zero attached hydrogens (tertiary/aromatic N) is 1. The van der Waals surface area contributed by atoms with Gasteiger partial charge in [0, 0.05) is 22.7 Å². The van der Waals surface area contributed by atoms with Crippen LogP contribution in [0.2, 0.25) is 0 Å². The standard InChI is InChI=1S/C19H25N3O/c1-5-12(2)10-17(20-4)19-22-13(3)18(23-19)15-11-21-16-9-7-6-8-14(15)16/h6-9,11-12,17,20-21H,5,10H2,1-4H3/t12-,17-/m0/s1. The number of aryl methyl sites for hydroxylation is 1. The molecule has 0 unspecified atom stereocenters. The zero-order valence-electron chi connectivity index (χ0n) is 14.3. The van der Waals surface area contributed by atoms with Gasteiger partial charge in [-0.05, 0) is 32.4 Å². The minimum absolute atomic E-state index is 0.155. The van der Waals surface area contributed by atoms with E-state index in [-0.39, 0.29) is 6.04 Å². The second-order valence-corrected chi connectivity index (χ2v) is 6.30. The van der Waals surface area contributed by atoms with Crippen molar-refractivity contribution in [3.63, 3.8) is 0 Å². The van der Waals surface area contributed by atoms with Gasteiger partial charge in [-0.25, -0.2) is 4.98 Å². The lowest BCUT2D eigenvalue weighted by Gasteiger charge is -2.16.